The fraction of sp³-hybridized carbons (Fsp3) is 0.571. The quantitative estimate of drug-likeness (QED) is 0.814. The maximum absolute atomic E-state index is 5.96. The maximum Gasteiger partial charge on any atom is 0.121 e. The zero-order valence-electron chi connectivity index (χ0n) is 10.6. The molecule has 3 nitrogen and oxygen atoms in total. The van der Waals surface area contributed by atoms with Crippen LogP contribution in [-0.4, -0.2) is 30.6 Å². The highest BCUT2D eigenvalue weighted by molar-refractivity contribution is 5.43. The van der Waals surface area contributed by atoms with Gasteiger partial charge in [0.05, 0.1) is 0 Å². The molecule has 94 valence electrons. The van der Waals surface area contributed by atoms with Crippen LogP contribution in [0.2, 0.25) is 0 Å². The van der Waals surface area contributed by atoms with Crippen molar-refractivity contribution in [3.05, 3.63) is 24.3 Å². The SMILES string of the molecule is CCCN1CCC(Oc2cccc(N)c2)CC1. The lowest BCUT2D eigenvalue weighted by Crippen LogP contribution is -2.38. The predicted molar refractivity (Wildman–Crippen MR) is 71.2 cm³/mol. The Labute approximate surface area is 104 Å². The van der Waals surface area contributed by atoms with Gasteiger partial charge in [-0.2, -0.15) is 0 Å². The Morgan fingerprint density at radius 1 is 1.35 bits per heavy atom. The molecule has 1 aliphatic heterocycles. The van der Waals surface area contributed by atoms with Gasteiger partial charge in [-0.15, -0.1) is 0 Å². The normalized spacial score (nSPS) is 18.2. The molecule has 1 aromatic rings. The number of ether oxygens (including phenoxy) is 1. The molecule has 1 aromatic carbocycles. The fourth-order valence-electron chi connectivity index (χ4n) is 2.35. The van der Waals surface area contributed by atoms with Gasteiger partial charge in [-0.3, -0.25) is 0 Å². The number of hydrogen-bond acceptors (Lipinski definition) is 3. The van der Waals surface area contributed by atoms with E-state index in [9.17, 15) is 0 Å². The van der Waals surface area contributed by atoms with Gasteiger partial charge in [0.25, 0.3) is 0 Å². The molecule has 0 aromatic heterocycles. The van der Waals surface area contributed by atoms with Crippen molar-refractivity contribution in [2.24, 2.45) is 0 Å². The van der Waals surface area contributed by atoms with E-state index in [-0.39, 0.29) is 0 Å². The lowest BCUT2D eigenvalue weighted by molar-refractivity contribution is 0.101. The van der Waals surface area contributed by atoms with Crippen LogP contribution in [0.25, 0.3) is 0 Å². The van der Waals surface area contributed by atoms with E-state index < -0.39 is 0 Å². The van der Waals surface area contributed by atoms with Gasteiger partial charge in [-0.25, -0.2) is 0 Å². The second-order valence-electron chi connectivity index (χ2n) is 4.73. The largest absolute Gasteiger partial charge is 0.490 e. The van der Waals surface area contributed by atoms with E-state index in [2.05, 4.69) is 11.8 Å². The molecule has 0 aliphatic carbocycles. The minimum Gasteiger partial charge on any atom is -0.490 e. The van der Waals surface area contributed by atoms with Crippen LogP contribution < -0.4 is 10.5 Å². The van der Waals surface area contributed by atoms with Gasteiger partial charge in [0.15, 0.2) is 0 Å². The van der Waals surface area contributed by atoms with Crippen molar-refractivity contribution >= 4 is 5.69 Å². The van der Waals surface area contributed by atoms with Crippen molar-refractivity contribution in [2.45, 2.75) is 32.3 Å². The van der Waals surface area contributed by atoms with Crippen molar-refractivity contribution in [3.8, 4) is 5.75 Å². The van der Waals surface area contributed by atoms with E-state index in [0.29, 0.717) is 6.10 Å². The van der Waals surface area contributed by atoms with Crippen LogP contribution in [-0.2, 0) is 0 Å². The van der Waals surface area contributed by atoms with Crippen LogP contribution in [0.5, 0.6) is 5.75 Å². The summed E-state index contributed by atoms with van der Waals surface area (Å²) >= 11 is 0. The summed E-state index contributed by atoms with van der Waals surface area (Å²) in [4.78, 5) is 2.51. The second kappa shape index (κ2) is 5.92. The maximum atomic E-state index is 5.96. The number of rotatable bonds is 4. The summed E-state index contributed by atoms with van der Waals surface area (Å²) in [5.41, 5.74) is 6.51. The summed E-state index contributed by atoms with van der Waals surface area (Å²) in [7, 11) is 0. The van der Waals surface area contributed by atoms with Crippen molar-refractivity contribution in [1.29, 1.82) is 0 Å². The summed E-state index contributed by atoms with van der Waals surface area (Å²) in [6, 6.07) is 7.71. The highest BCUT2D eigenvalue weighted by Crippen LogP contribution is 2.20. The number of likely N-dealkylation sites (tertiary alicyclic amines) is 1. The molecule has 0 spiro atoms. The molecule has 17 heavy (non-hydrogen) atoms. The van der Waals surface area contributed by atoms with Crippen LogP contribution in [0, 0.1) is 0 Å². The first kappa shape index (κ1) is 12.2. The van der Waals surface area contributed by atoms with Crippen LogP contribution in [0.4, 0.5) is 5.69 Å². The van der Waals surface area contributed by atoms with Gasteiger partial charge < -0.3 is 15.4 Å². The van der Waals surface area contributed by atoms with Crippen molar-refractivity contribution in [2.75, 3.05) is 25.4 Å². The molecular formula is C14H22N2O. The van der Waals surface area contributed by atoms with Crippen LogP contribution in [0.15, 0.2) is 24.3 Å². The minimum atomic E-state index is 0.352. The van der Waals surface area contributed by atoms with Crippen molar-refractivity contribution in [3.63, 3.8) is 0 Å². The molecule has 0 amide bonds. The summed E-state index contributed by atoms with van der Waals surface area (Å²) in [5, 5.41) is 0. The highest BCUT2D eigenvalue weighted by Gasteiger charge is 2.19. The standard InChI is InChI=1S/C14H22N2O/c1-2-8-16-9-6-13(7-10-16)17-14-5-3-4-12(15)11-14/h3-5,11,13H,2,6-10,15H2,1H3. The van der Waals surface area contributed by atoms with Gasteiger partial charge in [-0.1, -0.05) is 13.0 Å². The predicted octanol–water partition coefficient (Wildman–Crippen LogP) is 2.52. The first-order chi connectivity index (χ1) is 8.28. The van der Waals surface area contributed by atoms with E-state index in [1.165, 1.54) is 13.0 Å². The Morgan fingerprint density at radius 2 is 2.12 bits per heavy atom. The lowest BCUT2D eigenvalue weighted by Gasteiger charge is -2.31. The topological polar surface area (TPSA) is 38.5 Å². The smallest absolute Gasteiger partial charge is 0.121 e. The highest BCUT2D eigenvalue weighted by atomic mass is 16.5. The van der Waals surface area contributed by atoms with Crippen LogP contribution in [0.3, 0.4) is 0 Å². The van der Waals surface area contributed by atoms with E-state index in [1.807, 2.05) is 24.3 Å². The summed E-state index contributed by atoms with van der Waals surface area (Å²) in [6.45, 7) is 5.75. The Bertz CT molecular complexity index is 346. The monoisotopic (exact) mass is 234 g/mol. The second-order valence-corrected chi connectivity index (χ2v) is 4.73. The van der Waals surface area contributed by atoms with E-state index in [0.717, 1.165) is 37.4 Å². The average molecular weight is 234 g/mol. The third kappa shape index (κ3) is 3.63. The van der Waals surface area contributed by atoms with Gasteiger partial charge in [-0.05, 0) is 37.9 Å². The molecule has 1 aliphatic rings. The summed E-state index contributed by atoms with van der Waals surface area (Å²) in [6.07, 6.45) is 3.83. The molecule has 0 atom stereocenters. The molecule has 0 saturated carbocycles. The number of nitrogens with two attached hydrogens (primary N) is 1. The molecule has 3 heteroatoms. The molecule has 0 radical (unpaired) electrons. The van der Waals surface area contributed by atoms with E-state index in [1.54, 1.807) is 0 Å². The summed E-state index contributed by atoms with van der Waals surface area (Å²) < 4.78 is 5.96. The van der Waals surface area contributed by atoms with E-state index in [4.69, 9.17) is 10.5 Å². The number of anilines is 1. The molecule has 1 heterocycles. The Hall–Kier alpha value is -1.22. The Balaban J connectivity index is 1.82. The number of piperidine rings is 1. The van der Waals surface area contributed by atoms with Gasteiger partial charge in [0, 0.05) is 24.8 Å². The average Bonchev–Trinajstić information content (AvgIpc) is 2.32. The number of nitrogen functional groups attached to an aromatic ring is 1. The number of nitrogens with zero attached hydrogens (tertiary/aromatic N) is 1. The number of benzene rings is 1. The molecule has 2 N–H and O–H groups in total. The third-order valence-corrected chi connectivity index (χ3v) is 3.24. The van der Waals surface area contributed by atoms with Gasteiger partial charge in [0.2, 0.25) is 0 Å². The molecular weight excluding hydrogens is 212 g/mol. The first-order valence-electron chi connectivity index (χ1n) is 6.52. The van der Waals surface area contributed by atoms with Crippen LogP contribution >= 0.6 is 0 Å². The van der Waals surface area contributed by atoms with Crippen LogP contribution in [0.1, 0.15) is 26.2 Å². The first-order valence-corrected chi connectivity index (χ1v) is 6.52. The number of hydrogen-bond donors (Lipinski definition) is 1. The molecule has 1 saturated heterocycles. The zero-order chi connectivity index (χ0) is 12.1. The van der Waals surface area contributed by atoms with Crippen molar-refractivity contribution in [1.82, 2.24) is 4.90 Å². The summed E-state index contributed by atoms with van der Waals surface area (Å²) in [5.74, 6) is 0.902. The molecule has 2 rings (SSSR count). The van der Waals surface area contributed by atoms with Gasteiger partial charge >= 0.3 is 0 Å². The Kier molecular flexibility index (Phi) is 4.26. The lowest BCUT2D eigenvalue weighted by atomic mass is 10.1. The fourth-order valence-corrected chi connectivity index (χ4v) is 2.35. The van der Waals surface area contributed by atoms with Gasteiger partial charge in [0.1, 0.15) is 11.9 Å². The molecule has 1 fully saturated rings. The third-order valence-electron chi connectivity index (χ3n) is 3.24. The minimum absolute atomic E-state index is 0.352. The molecule has 0 unspecified atom stereocenters. The van der Waals surface area contributed by atoms with E-state index >= 15 is 0 Å². The van der Waals surface area contributed by atoms with Crippen molar-refractivity contribution < 1.29 is 4.74 Å². The molecule has 0 bridgehead atoms. The zero-order valence-corrected chi connectivity index (χ0v) is 10.6. The Morgan fingerprint density at radius 3 is 2.76 bits per heavy atom.